The van der Waals surface area contributed by atoms with Crippen LogP contribution in [0.1, 0.15) is 10.4 Å². The average molecular weight is 429 g/mol. The third-order valence-electron chi connectivity index (χ3n) is 3.02. The zero-order chi connectivity index (χ0) is 15.7. The number of nitrogens with zero attached hydrogens (tertiary/aromatic N) is 3. The lowest BCUT2D eigenvalue weighted by atomic mass is 10.2. The van der Waals surface area contributed by atoms with E-state index in [1.807, 2.05) is 10.6 Å². The molecule has 0 amide bonds. The minimum absolute atomic E-state index is 0.307. The Bertz CT molecular complexity index is 865. The number of imidazole rings is 1. The summed E-state index contributed by atoms with van der Waals surface area (Å²) in [7, 11) is 1.31. The Hall–Kier alpha value is -1.87. The number of halogens is 2. The van der Waals surface area contributed by atoms with Gasteiger partial charge in [0.15, 0.2) is 11.5 Å². The van der Waals surface area contributed by atoms with E-state index in [4.69, 9.17) is 11.6 Å². The number of hydrogen-bond donors (Lipinski definition) is 1. The largest absolute Gasteiger partial charge is 0.465 e. The predicted octanol–water partition coefficient (Wildman–Crippen LogP) is 3.52. The van der Waals surface area contributed by atoms with Gasteiger partial charge in [0.25, 0.3) is 0 Å². The van der Waals surface area contributed by atoms with Crippen molar-refractivity contribution < 1.29 is 9.53 Å². The molecule has 0 fully saturated rings. The minimum Gasteiger partial charge on any atom is -0.465 e. The smallest absolute Gasteiger partial charge is 0.339 e. The van der Waals surface area contributed by atoms with Crippen LogP contribution in [-0.4, -0.2) is 27.4 Å². The van der Waals surface area contributed by atoms with Crippen molar-refractivity contribution in [1.82, 2.24) is 14.4 Å². The van der Waals surface area contributed by atoms with Gasteiger partial charge in [0.1, 0.15) is 3.70 Å². The van der Waals surface area contributed by atoms with Crippen molar-refractivity contribution in [2.24, 2.45) is 0 Å². The summed E-state index contributed by atoms with van der Waals surface area (Å²) in [6.07, 6.45) is 5.28. The number of esters is 1. The van der Waals surface area contributed by atoms with Crippen LogP contribution in [0.3, 0.4) is 0 Å². The van der Waals surface area contributed by atoms with Gasteiger partial charge in [-0.05, 0) is 40.8 Å². The van der Waals surface area contributed by atoms with E-state index < -0.39 is 5.97 Å². The van der Waals surface area contributed by atoms with Crippen molar-refractivity contribution in [3.8, 4) is 0 Å². The molecule has 0 saturated heterocycles. The normalized spacial score (nSPS) is 10.7. The Morgan fingerprint density at radius 1 is 1.41 bits per heavy atom. The summed E-state index contributed by atoms with van der Waals surface area (Å²) < 4.78 is 7.57. The number of carbonyl (C=O) groups excluding carboxylic acids is 1. The third-order valence-corrected chi connectivity index (χ3v) is 4.13. The first kappa shape index (κ1) is 15.0. The van der Waals surface area contributed by atoms with Gasteiger partial charge in [-0.25, -0.2) is 14.8 Å². The zero-order valence-electron chi connectivity index (χ0n) is 11.4. The van der Waals surface area contributed by atoms with Crippen LogP contribution in [0.5, 0.6) is 0 Å². The first-order valence-electron chi connectivity index (χ1n) is 6.22. The molecular weight excluding hydrogens is 419 g/mol. The second-order valence-corrected chi connectivity index (χ2v) is 5.87. The highest BCUT2D eigenvalue weighted by atomic mass is 127. The fourth-order valence-electron chi connectivity index (χ4n) is 1.98. The summed E-state index contributed by atoms with van der Waals surface area (Å²) in [5, 5.41) is 3.46. The predicted molar refractivity (Wildman–Crippen MR) is 91.8 cm³/mol. The van der Waals surface area contributed by atoms with E-state index in [2.05, 4.69) is 42.6 Å². The molecule has 0 radical (unpaired) electrons. The topological polar surface area (TPSA) is 68.5 Å². The molecule has 6 nitrogen and oxygen atoms in total. The van der Waals surface area contributed by atoms with Gasteiger partial charge in [0.05, 0.1) is 23.9 Å². The van der Waals surface area contributed by atoms with E-state index in [1.54, 1.807) is 30.6 Å². The molecule has 22 heavy (non-hydrogen) atoms. The second-order valence-electron chi connectivity index (χ2n) is 4.36. The van der Waals surface area contributed by atoms with Gasteiger partial charge >= 0.3 is 5.97 Å². The Morgan fingerprint density at radius 3 is 2.95 bits per heavy atom. The van der Waals surface area contributed by atoms with Crippen LogP contribution in [0.15, 0.2) is 36.8 Å². The Kier molecular flexibility index (Phi) is 4.16. The number of benzene rings is 1. The van der Waals surface area contributed by atoms with E-state index in [1.165, 1.54) is 7.11 Å². The molecule has 3 rings (SSSR count). The molecule has 0 unspecified atom stereocenters. The van der Waals surface area contributed by atoms with Gasteiger partial charge in [-0.2, -0.15) is 0 Å². The van der Waals surface area contributed by atoms with Gasteiger partial charge < -0.3 is 10.1 Å². The lowest BCUT2D eigenvalue weighted by molar-refractivity contribution is 0.0601. The molecule has 2 heterocycles. The van der Waals surface area contributed by atoms with Crippen molar-refractivity contribution in [2.45, 2.75) is 0 Å². The molecule has 0 aliphatic heterocycles. The van der Waals surface area contributed by atoms with Crippen molar-refractivity contribution >= 4 is 57.3 Å². The lowest BCUT2D eigenvalue weighted by Crippen LogP contribution is -2.03. The minimum atomic E-state index is -0.473. The van der Waals surface area contributed by atoms with Crippen molar-refractivity contribution in [1.29, 1.82) is 0 Å². The highest BCUT2D eigenvalue weighted by Gasteiger charge is 2.12. The number of ether oxygens (including phenoxy) is 1. The van der Waals surface area contributed by atoms with Crippen LogP contribution in [0, 0.1) is 3.70 Å². The number of carbonyl (C=O) groups is 1. The quantitative estimate of drug-likeness (QED) is 0.511. The van der Waals surface area contributed by atoms with Gasteiger partial charge in [-0.15, -0.1) is 0 Å². The standard InChI is InChI=1S/C14H10ClIN4O2/c1-22-14(21)9-3-2-8(6-10(9)15)19-12-13-18-7-11(16)20(13)5-4-17-12/h2-7H,1H3,(H,17,19). The average Bonchev–Trinajstić information content (AvgIpc) is 2.89. The molecule has 0 aliphatic carbocycles. The summed E-state index contributed by atoms with van der Waals surface area (Å²) in [5.74, 6) is 0.131. The van der Waals surface area contributed by atoms with E-state index in [-0.39, 0.29) is 0 Å². The number of aromatic nitrogens is 3. The van der Waals surface area contributed by atoms with Crippen molar-refractivity contribution in [3.63, 3.8) is 0 Å². The van der Waals surface area contributed by atoms with Crippen LogP contribution < -0.4 is 5.32 Å². The Labute approximate surface area is 144 Å². The van der Waals surface area contributed by atoms with Gasteiger partial charge in [0, 0.05) is 18.1 Å². The van der Waals surface area contributed by atoms with Crippen molar-refractivity contribution in [3.05, 3.63) is 51.1 Å². The number of anilines is 2. The van der Waals surface area contributed by atoms with Gasteiger partial charge in [0.2, 0.25) is 0 Å². The molecule has 0 aliphatic rings. The number of fused-ring (bicyclic) bond motifs is 1. The second kappa shape index (κ2) is 6.09. The zero-order valence-corrected chi connectivity index (χ0v) is 14.3. The summed E-state index contributed by atoms with van der Waals surface area (Å²) in [5.41, 5.74) is 1.73. The maximum atomic E-state index is 11.5. The monoisotopic (exact) mass is 428 g/mol. The van der Waals surface area contributed by atoms with E-state index >= 15 is 0 Å². The number of methoxy groups -OCH3 is 1. The van der Waals surface area contributed by atoms with Crippen LogP contribution in [-0.2, 0) is 4.74 Å². The third kappa shape index (κ3) is 2.73. The highest BCUT2D eigenvalue weighted by molar-refractivity contribution is 14.1. The van der Waals surface area contributed by atoms with E-state index in [0.29, 0.717) is 27.7 Å². The van der Waals surface area contributed by atoms with Crippen LogP contribution in [0.2, 0.25) is 5.02 Å². The summed E-state index contributed by atoms with van der Waals surface area (Å²) in [4.78, 5) is 20.1. The molecule has 3 aromatic rings. The number of rotatable bonds is 3. The molecule has 1 aromatic carbocycles. The molecular formula is C14H10ClIN4O2. The fraction of sp³-hybridized carbons (Fsp3) is 0.0714. The fourth-order valence-corrected chi connectivity index (χ4v) is 2.77. The molecule has 0 spiro atoms. The molecule has 2 aromatic heterocycles. The Morgan fingerprint density at radius 2 is 2.23 bits per heavy atom. The molecule has 0 atom stereocenters. The lowest BCUT2D eigenvalue weighted by Gasteiger charge is -2.09. The molecule has 8 heteroatoms. The van der Waals surface area contributed by atoms with Gasteiger partial charge in [-0.3, -0.25) is 4.40 Å². The van der Waals surface area contributed by atoms with E-state index in [0.717, 1.165) is 3.70 Å². The first-order valence-corrected chi connectivity index (χ1v) is 7.68. The molecule has 0 bridgehead atoms. The maximum Gasteiger partial charge on any atom is 0.339 e. The van der Waals surface area contributed by atoms with Crippen LogP contribution >= 0.6 is 34.2 Å². The number of nitrogens with one attached hydrogen (secondary N) is 1. The maximum absolute atomic E-state index is 11.5. The molecule has 112 valence electrons. The molecule has 0 saturated carbocycles. The van der Waals surface area contributed by atoms with Gasteiger partial charge in [-0.1, -0.05) is 11.6 Å². The Balaban J connectivity index is 1.95. The summed E-state index contributed by atoms with van der Waals surface area (Å²) in [6.45, 7) is 0. The number of hydrogen-bond acceptors (Lipinski definition) is 5. The highest BCUT2D eigenvalue weighted by Crippen LogP contribution is 2.25. The molecule has 1 N–H and O–H groups in total. The SMILES string of the molecule is COC(=O)c1ccc(Nc2nccn3c(I)cnc23)cc1Cl. The summed E-state index contributed by atoms with van der Waals surface area (Å²) in [6, 6.07) is 4.98. The van der Waals surface area contributed by atoms with Crippen LogP contribution in [0.25, 0.3) is 5.65 Å². The van der Waals surface area contributed by atoms with Crippen LogP contribution in [0.4, 0.5) is 11.5 Å². The van der Waals surface area contributed by atoms with Crippen molar-refractivity contribution in [2.75, 3.05) is 12.4 Å². The van der Waals surface area contributed by atoms with E-state index in [9.17, 15) is 4.79 Å². The summed E-state index contributed by atoms with van der Waals surface area (Å²) >= 11 is 8.30. The first-order chi connectivity index (χ1) is 10.6.